The van der Waals surface area contributed by atoms with E-state index in [0.29, 0.717) is 0 Å². The van der Waals surface area contributed by atoms with Gasteiger partial charge < -0.3 is 9.80 Å². The minimum Gasteiger partial charge on any atom is -0.331 e. The summed E-state index contributed by atoms with van der Waals surface area (Å²) >= 11 is 0. The lowest BCUT2D eigenvalue weighted by atomic mass is 10.0. The number of nitrogens with one attached hydrogen (secondary N) is 1. The standard InChI is InChI=1S/C20H47N2Si/c1-22(2,3)19-17-15-13-11-9-7-5-4-6-8-10-12-14-16-18-21-20-23/h21H,4-20H2,1-3,23H3/q+1. The molecular formula is C20H47N2Si+. The van der Waals surface area contributed by atoms with Gasteiger partial charge in [-0.15, -0.1) is 0 Å². The first-order valence-electron chi connectivity index (χ1n) is 10.6. The molecule has 0 saturated carbocycles. The number of nitrogens with zero attached hydrogens (tertiary/aromatic N) is 1. The summed E-state index contributed by atoms with van der Waals surface area (Å²) in [7, 11) is 8.19. The summed E-state index contributed by atoms with van der Waals surface area (Å²) in [6.07, 6.45) is 21.6. The topological polar surface area (TPSA) is 12.0 Å². The Morgan fingerprint density at radius 3 is 1.26 bits per heavy atom. The highest BCUT2D eigenvalue weighted by molar-refractivity contribution is 6.08. The van der Waals surface area contributed by atoms with Crippen molar-refractivity contribution < 1.29 is 4.48 Å². The second kappa shape index (κ2) is 17.0. The average Bonchev–Trinajstić information content (AvgIpc) is 2.49. The van der Waals surface area contributed by atoms with Crippen LogP contribution in [0.1, 0.15) is 89.9 Å². The van der Waals surface area contributed by atoms with Gasteiger partial charge in [0.25, 0.3) is 0 Å². The molecule has 0 amide bonds. The summed E-state index contributed by atoms with van der Waals surface area (Å²) in [4.78, 5) is 0. The second-order valence-corrected chi connectivity index (χ2v) is 9.02. The van der Waals surface area contributed by atoms with Gasteiger partial charge in [0.05, 0.1) is 27.7 Å². The van der Waals surface area contributed by atoms with Crippen LogP contribution in [0.3, 0.4) is 0 Å². The third kappa shape index (κ3) is 22.1. The van der Waals surface area contributed by atoms with E-state index in [4.69, 9.17) is 0 Å². The van der Waals surface area contributed by atoms with Crippen molar-refractivity contribution in [2.45, 2.75) is 89.9 Å². The first-order valence-corrected chi connectivity index (χ1v) is 12.0. The van der Waals surface area contributed by atoms with Crippen LogP contribution in [0.4, 0.5) is 0 Å². The molecule has 0 aliphatic heterocycles. The molecular weight excluding hydrogens is 296 g/mol. The normalized spacial score (nSPS) is 12.1. The van der Waals surface area contributed by atoms with E-state index in [-0.39, 0.29) is 0 Å². The Morgan fingerprint density at radius 1 is 0.565 bits per heavy atom. The summed E-state index contributed by atoms with van der Waals surface area (Å²) in [5, 5.41) is 3.46. The Labute approximate surface area is 150 Å². The highest BCUT2D eigenvalue weighted by Gasteiger charge is 2.04. The summed E-state index contributed by atoms with van der Waals surface area (Å²) < 4.78 is 1.12. The first kappa shape index (κ1) is 23.1. The highest BCUT2D eigenvalue weighted by Crippen LogP contribution is 2.13. The monoisotopic (exact) mass is 343 g/mol. The largest absolute Gasteiger partial charge is 0.331 e. The molecule has 0 heterocycles. The zero-order valence-corrected chi connectivity index (χ0v) is 19.0. The molecule has 0 saturated heterocycles. The lowest BCUT2D eigenvalue weighted by molar-refractivity contribution is -0.870. The van der Waals surface area contributed by atoms with Crippen LogP contribution in [0.15, 0.2) is 0 Å². The van der Waals surface area contributed by atoms with Gasteiger partial charge >= 0.3 is 0 Å². The Balaban J connectivity index is 3.00. The van der Waals surface area contributed by atoms with Gasteiger partial charge in [0.15, 0.2) is 0 Å². The van der Waals surface area contributed by atoms with Crippen LogP contribution >= 0.6 is 0 Å². The Bertz CT molecular complexity index is 226. The van der Waals surface area contributed by atoms with Crippen LogP contribution in [0.5, 0.6) is 0 Å². The predicted molar refractivity (Wildman–Crippen MR) is 110 cm³/mol. The Kier molecular flexibility index (Phi) is 17.1. The number of rotatable bonds is 18. The maximum Gasteiger partial charge on any atom is 0.0780 e. The maximum absolute atomic E-state index is 3.46. The van der Waals surface area contributed by atoms with Gasteiger partial charge in [-0.1, -0.05) is 70.6 Å². The van der Waals surface area contributed by atoms with Crippen LogP contribution < -0.4 is 5.32 Å². The molecule has 0 fully saturated rings. The molecule has 1 N–H and O–H groups in total. The van der Waals surface area contributed by atoms with Crippen LogP contribution in [0.25, 0.3) is 0 Å². The van der Waals surface area contributed by atoms with E-state index in [0.717, 1.165) is 4.48 Å². The van der Waals surface area contributed by atoms with Crippen molar-refractivity contribution in [1.82, 2.24) is 5.32 Å². The average molecular weight is 344 g/mol. The molecule has 0 bridgehead atoms. The fourth-order valence-corrected chi connectivity index (χ4v) is 3.49. The molecule has 0 aromatic carbocycles. The quantitative estimate of drug-likeness (QED) is 0.225. The molecule has 140 valence electrons. The molecule has 0 atom stereocenters. The fraction of sp³-hybridized carbons (Fsp3) is 1.00. The van der Waals surface area contributed by atoms with Crippen LogP contribution in [0, 0.1) is 0 Å². The van der Waals surface area contributed by atoms with Crippen molar-refractivity contribution in [1.29, 1.82) is 0 Å². The number of unbranched alkanes of at least 4 members (excludes halogenated alkanes) is 13. The molecule has 0 unspecified atom stereocenters. The third-order valence-corrected chi connectivity index (χ3v) is 5.18. The minimum atomic E-state index is 1.12. The van der Waals surface area contributed by atoms with Gasteiger partial charge in [-0.25, -0.2) is 0 Å². The van der Waals surface area contributed by atoms with Crippen molar-refractivity contribution >= 4 is 10.2 Å². The minimum absolute atomic E-state index is 1.12. The predicted octanol–water partition coefficient (Wildman–Crippen LogP) is 4.07. The van der Waals surface area contributed by atoms with Gasteiger partial charge in [0.1, 0.15) is 0 Å². The summed E-state index contributed by atoms with van der Waals surface area (Å²) in [6.45, 7) is 2.58. The first-order chi connectivity index (χ1) is 11.1. The van der Waals surface area contributed by atoms with Crippen LogP contribution in [-0.2, 0) is 0 Å². The van der Waals surface area contributed by atoms with E-state index < -0.39 is 0 Å². The van der Waals surface area contributed by atoms with Gasteiger partial charge in [-0.3, -0.25) is 0 Å². The van der Waals surface area contributed by atoms with Gasteiger partial charge in [0.2, 0.25) is 0 Å². The zero-order chi connectivity index (χ0) is 17.2. The van der Waals surface area contributed by atoms with E-state index in [2.05, 4.69) is 26.5 Å². The Hall–Kier alpha value is 0.137. The molecule has 0 aromatic heterocycles. The van der Waals surface area contributed by atoms with E-state index in [9.17, 15) is 0 Å². The number of hydrogen-bond acceptors (Lipinski definition) is 1. The van der Waals surface area contributed by atoms with E-state index in [1.807, 2.05) is 0 Å². The van der Waals surface area contributed by atoms with Gasteiger partial charge in [-0.2, -0.15) is 0 Å². The molecule has 23 heavy (non-hydrogen) atoms. The van der Waals surface area contributed by atoms with Crippen molar-refractivity contribution in [3.05, 3.63) is 0 Å². The van der Waals surface area contributed by atoms with Crippen molar-refractivity contribution in [3.8, 4) is 0 Å². The summed E-state index contributed by atoms with van der Waals surface area (Å²) in [5.41, 5.74) is 0. The second-order valence-electron chi connectivity index (χ2n) is 8.32. The molecule has 0 spiro atoms. The zero-order valence-electron chi connectivity index (χ0n) is 17.0. The van der Waals surface area contributed by atoms with E-state index in [1.54, 1.807) is 0 Å². The van der Waals surface area contributed by atoms with E-state index in [1.165, 1.54) is 119 Å². The number of hydrogen-bond donors (Lipinski definition) is 1. The Morgan fingerprint density at radius 2 is 0.913 bits per heavy atom. The molecule has 0 aliphatic rings. The molecule has 3 heteroatoms. The summed E-state index contributed by atoms with van der Waals surface area (Å²) in [6, 6.07) is 0. The van der Waals surface area contributed by atoms with Crippen LogP contribution in [0.2, 0.25) is 0 Å². The van der Waals surface area contributed by atoms with Crippen molar-refractivity contribution in [3.63, 3.8) is 0 Å². The maximum atomic E-state index is 3.46. The smallest absolute Gasteiger partial charge is 0.0780 e. The molecule has 2 nitrogen and oxygen atoms in total. The highest BCUT2D eigenvalue weighted by atomic mass is 28.1. The fourth-order valence-electron chi connectivity index (χ4n) is 3.13. The molecule has 0 radical (unpaired) electrons. The van der Waals surface area contributed by atoms with Gasteiger partial charge in [-0.05, 0) is 32.0 Å². The molecule has 0 rings (SSSR count). The third-order valence-electron chi connectivity index (χ3n) is 4.68. The lowest BCUT2D eigenvalue weighted by Crippen LogP contribution is -2.35. The molecule has 0 aliphatic carbocycles. The van der Waals surface area contributed by atoms with Gasteiger partial charge in [0, 0.05) is 10.2 Å². The lowest BCUT2D eigenvalue weighted by Gasteiger charge is -2.23. The SMILES string of the molecule is C[N+](C)(C)CCCCCCCCCCCCCCCCNC[SiH3]. The van der Waals surface area contributed by atoms with Crippen LogP contribution in [-0.4, -0.2) is 55.1 Å². The molecule has 0 aromatic rings. The summed E-state index contributed by atoms with van der Waals surface area (Å²) in [5.74, 6) is 0. The van der Waals surface area contributed by atoms with Crippen molar-refractivity contribution in [2.75, 3.05) is 40.4 Å². The number of quaternary nitrogens is 1. The van der Waals surface area contributed by atoms with E-state index >= 15 is 0 Å². The van der Waals surface area contributed by atoms with Crippen molar-refractivity contribution in [2.24, 2.45) is 0 Å².